The number of piperidine rings is 1. The van der Waals surface area contributed by atoms with Crippen LogP contribution in [0.5, 0.6) is 0 Å². The van der Waals surface area contributed by atoms with Gasteiger partial charge in [0.2, 0.25) is 5.91 Å². The molecule has 2 N–H and O–H groups in total. The summed E-state index contributed by atoms with van der Waals surface area (Å²) in [5.74, 6) is -0.934. The Bertz CT molecular complexity index is 1010. The van der Waals surface area contributed by atoms with Crippen molar-refractivity contribution in [3.8, 4) is 0 Å². The molecule has 1 saturated heterocycles. The zero-order chi connectivity index (χ0) is 24.1. The molecule has 182 valence electrons. The molecule has 2 aliphatic heterocycles. The van der Waals surface area contributed by atoms with E-state index in [4.69, 9.17) is 0 Å². The summed E-state index contributed by atoms with van der Waals surface area (Å²) < 4.78 is 0. The van der Waals surface area contributed by atoms with Gasteiger partial charge >= 0.3 is 11.8 Å². The molecule has 7 nitrogen and oxygen atoms in total. The van der Waals surface area contributed by atoms with Crippen molar-refractivity contribution in [2.75, 3.05) is 36.4 Å². The second-order valence-corrected chi connectivity index (χ2v) is 10.4. The summed E-state index contributed by atoms with van der Waals surface area (Å²) in [5, 5.41) is 9.80. The maximum atomic E-state index is 12.6. The normalized spacial score (nSPS) is 16.9. The second kappa shape index (κ2) is 11.1. The number of rotatable bonds is 6. The molecule has 1 fully saturated rings. The summed E-state index contributed by atoms with van der Waals surface area (Å²) in [5.41, 5.74) is 3.81. The van der Waals surface area contributed by atoms with E-state index in [0.29, 0.717) is 24.7 Å². The van der Waals surface area contributed by atoms with Gasteiger partial charge in [0.05, 0.1) is 0 Å². The third-order valence-corrected chi connectivity index (χ3v) is 7.40. The highest BCUT2D eigenvalue weighted by Crippen LogP contribution is 2.31. The SMILES string of the molecule is CC(C)C(=O)N1CCCc2ccc(NC(=O)C(=O)NCC3CCN(Cc4ccsc4)CC3)cc21. The number of likely N-dealkylation sites (tertiary alicyclic amines) is 1. The Balaban J connectivity index is 1.26. The number of aryl methyl sites for hydroxylation is 1. The van der Waals surface area contributed by atoms with E-state index in [1.807, 2.05) is 26.0 Å². The summed E-state index contributed by atoms with van der Waals surface area (Å²) in [4.78, 5) is 41.8. The third kappa shape index (κ3) is 6.04. The van der Waals surface area contributed by atoms with Crippen LogP contribution in [0.2, 0.25) is 0 Å². The maximum Gasteiger partial charge on any atom is 0.313 e. The van der Waals surface area contributed by atoms with Gasteiger partial charge in [-0.1, -0.05) is 19.9 Å². The van der Waals surface area contributed by atoms with Gasteiger partial charge in [-0.15, -0.1) is 0 Å². The Morgan fingerprint density at radius 3 is 2.59 bits per heavy atom. The first kappa shape index (κ1) is 24.4. The average molecular weight is 483 g/mol. The third-order valence-electron chi connectivity index (χ3n) is 6.67. The van der Waals surface area contributed by atoms with Crippen molar-refractivity contribution in [2.24, 2.45) is 11.8 Å². The zero-order valence-corrected chi connectivity index (χ0v) is 20.8. The first-order valence-electron chi connectivity index (χ1n) is 12.2. The number of fused-ring (bicyclic) bond motifs is 1. The van der Waals surface area contributed by atoms with E-state index >= 15 is 0 Å². The quantitative estimate of drug-likeness (QED) is 0.616. The highest BCUT2D eigenvalue weighted by molar-refractivity contribution is 7.07. The number of anilines is 2. The van der Waals surface area contributed by atoms with Crippen molar-refractivity contribution < 1.29 is 14.4 Å². The number of nitrogens with zero attached hydrogens (tertiary/aromatic N) is 2. The van der Waals surface area contributed by atoms with Crippen molar-refractivity contribution >= 4 is 40.4 Å². The highest BCUT2D eigenvalue weighted by atomic mass is 32.1. The molecular weight excluding hydrogens is 448 g/mol. The van der Waals surface area contributed by atoms with Crippen LogP contribution in [0.3, 0.4) is 0 Å². The minimum atomic E-state index is -0.674. The molecule has 0 bridgehead atoms. The molecule has 0 aliphatic carbocycles. The van der Waals surface area contributed by atoms with Gasteiger partial charge in [-0.25, -0.2) is 0 Å². The molecular formula is C26H34N4O3S. The monoisotopic (exact) mass is 482 g/mol. The van der Waals surface area contributed by atoms with E-state index in [1.165, 1.54) is 5.56 Å². The predicted octanol–water partition coefficient (Wildman–Crippen LogP) is 3.65. The van der Waals surface area contributed by atoms with Crippen molar-refractivity contribution in [1.82, 2.24) is 10.2 Å². The number of nitrogens with one attached hydrogen (secondary N) is 2. The van der Waals surface area contributed by atoms with Crippen molar-refractivity contribution in [3.05, 3.63) is 46.2 Å². The molecule has 1 aromatic carbocycles. The molecule has 0 unspecified atom stereocenters. The van der Waals surface area contributed by atoms with Gasteiger partial charge in [-0.2, -0.15) is 11.3 Å². The lowest BCUT2D eigenvalue weighted by molar-refractivity contribution is -0.136. The summed E-state index contributed by atoms with van der Waals surface area (Å²) in [6, 6.07) is 7.71. The summed E-state index contributed by atoms with van der Waals surface area (Å²) >= 11 is 1.72. The van der Waals surface area contributed by atoms with Crippen LogP contribution < -0.4 is 15.5 Å². The Morgan fingerprint density at radius 2 is 1.88 bits per heavy atom. The summed E-state index contributed by atoms with van der Waals surface area (Å²) in [6.07, 6.45) is 3.84. The van der Waals surface area contributed by atoms with E-state index < -0.39 is 11.8 Å². The molecule has 3 heterocycles. The van der Waals surface area contributed by atoms with Crippen LogP contribution in [-0.4, -0.2) is 48.8 Å². The number of hydrogen-bond acceptors (Lipinski definition) is 5. The van der Waals surface area contributed by atoms with Crippen LogP contribution in [0, 0.1) is 11.8 Å². The van der Waals surface area contributed by atoms with Gasteiger partial charge in [-0.3, -0.25) is 19.3 Å². The van der Waals surface area contributed by atoms with Crippen LogP contribution in [0.4, 0.5) is 11.4 Å². The number of benzene rings is 1. The molecule has 8 heteroatoms. The minimum absolute atomic E-state index is 0.0727. The molecule has 0 spiro atoms. The topological polar surface area (TPSA) is 81.8 Å². The smallest absolute Gasteiger partial charge is 0.313 e. The summed E-state index contributed by atoms with van der Waals surface area (Å²) in [7, 11) is 0. The van der Waals surface area contributed by atoms with Crippen LogP contribution in [-0.2, 0) is 27.3 Å². The van der Waals surface area contributed by atoms with Crippen LogP contribution in [0.15, 0.2) is 35.0 Å². The highest BCUT2D eigenvalue weighted by Gasteiger charge is 2.26. The second-order valence-electron chi connectivity index (χ2n) is 9.61. The fourth-order valence-electron chi connectivity index (χ4n) is 4.69. The lowest BCUT2D eigenvalue weighted by atomic mass is 9.96. The molecule has 2 aromatic rings. The Hall–Kier alpha value is -2.71. The van der Waals surface area contributed by atoms with Crippen LogP contribution in [0.25, 0.3) is 0 Å². The molecule has 3 amide bonds. The lowest BCUT2D eigenvalue weighted by Gasteiger charge is -2.31. The molecule has 4 rings (SSSR count). The van der Waals surface area contributed by atoms with Gasteiger partial charge < -0.3 is 15.5 Å². The molecule has 1 aromatic heterocycles. The summed E-state index contributed by atoms with van der Waals surface area (Å²) in [6.45, 7) is 7.95. The van der Waals surface area contributed by atoms with Gasteiger partial charge in [-0.05, 0) is 84.8 Å². The fourth-order valence-corrected chi connectivity index (χ4v) is 5.35. The lowest BCUT2D eigenvalue weighted by Crippen LogP contribution is -2.41. The Labute approximate surface area is 205 Å². The van der Waals surface area contributed by atoms with Gasteiger partial charge in [0, 0.05) is 36.9 Å². The number of carbonyl (C=O) groups is 3. The van der Waals surface area contributed by atoms with Crippen LogP contribution >= 0.6 is 11.3 Å². The van der Waals surface area contributed by atoms with Crippen molar-refractivity contribution in [1.29, 1.82) is 0 Å². The fraction of sp³-hybridized carbons (Fsp3) is 0.500. The van der Waals surface area contributed by atoms with E-state index in [0.717, 1.165) is 56.6 Å². The number of hydrogen-bond donors (Lipinski definition) is 2. The Morgan fingerprint density at radius 1 is 1.09 bits per heavy atom. The zero-order valence-electron chi connectivity index (χ0n) is 20.0. The molecule has 34 heavy (non-hydrogen) atoms. The van der Waals surface area contributed by atoms with Gasteiger partial charge in [0.1, 0.15) is 0 Å². The number of amides is 3. The maximum absolute atomic E-state index is 12.6. The first-order chi connectivity index (χ1) is 16.4. The molecule has 0 radical (unpaired) electrons. The van der Waals surface area contributed by atoms with Gasteiger partial charge in [0.15, 0.2) is 0 Å². The molecule has 0 atom stereocenters. The van der Waals surface area contributed by atoms with Crippen LogP contribution in [0.1, 0.15) is 44.2 Å². The molecule has 0 saturated carbocycles. The minimum Gasteiger partial charge on any atom is -0.348 e. The average Bonchev–Trinajstić information content (AvgIpc) is 3.35. The standard InChI is InChI=1S/C26H34N4O3S/c1-18(2)26(33)30-10-3-4-21-5-6-22(14-23(21)30)28-25(32)24(31)27-15-19-7-11-29(12-8-19)16-20-9-13-34-17-20/h5-6,9,13-14,17-19H,3-4,7-8,10-12,15-16H2,1-2H3,(H,27,31)(H,28,32). The van der Waals surface area contributed by atoms with E-state index in [1.54, 1.807) is 22.3 Å². The van der Waals surface area contributed by atoms with E-state index in [-0.39, 0.29) is 11.8 Å². The van der Waals surface area contributed by atoms with Crippen molar-refractivity contribution in [2.45, 2.75) is 46.1 Å². The van der Waals surface area contributed by atoms with Crippen molar-refractivity contribution in [3.63, 3.8) is 0 Å². The number of thiophene rings is 1. The Kier molecular flexibility index (Phi) is 8.00. The van der Waals surface area contributed by atoms with E-state index in [2.05, 4.69) is 32.4 Å². The predicted molar refractivity (Wildman–Crippen MR) is 136 cm³/mol. The largest absolute Gasteiger partial charge is 0.348 e. The first-order valence-corrected chi connectivity index (χ1v) is 13.1. The number of carbonyl (C=O) groups excluding carboxylic acids is 3. The van der Waals surface area contributed by atoms with Gasteiger partial charge in [0.25, 0.3) is 0 Å². The van der Waals surface area contributed by atoms with E-state index in [9.17, 15) is 14.4 Å². The molecule has 2 aliphatic rings.